The molecule has 0 spiro atoms. The number of nitrogens with one attached hydrogen (secondary N) is 1. The van der Waals surface area contributed by atoms with E-state index in [-0.39, 0.29) is 17.4 Å². The molecule has 0 atom stereocenters. The molecule has 0 fully saturated rings. The van der Waals surface area contributed by atoms with Crippen LogP contribution in [-0.4, -0.2) is 51.2 Å². The van der Waals surface area contributed by atoms with E-state index in [4.69, 9.17) is 21.1 Å². The average molecular weight is 487 g/mol. The van der Waals surface area contributed by atoms with Crippen molar-refractivity contribution in [3.8, 4) is 11.5 Å². The smallest absolute Gasteiger partial charge is 0.417 e. The number of hydrogen-bond donors (Lipinski definition) is 1. The molecule has 0 aliphatic carbocycles. The number of benzene rings is 2. The summed E-state index contributed by atoms with van der Waals surface area (Å²) in [5, 5.41) is 2.50. The molecule has 0 bridgehead atoms. The van der Waals surface area contributed by atoms with Gasteiger partial charge in [-0.05, 0) is 63.7 Å². The molecule has 2 aromatic carbocycles. The minimum absolute atomic E-state index is 0.0760. The number of hydrogen-bond acceptors (Lipinski definition) is 4. The van der Waals surface area contributed by atoms with E-state index in [1.807, 2.05) is 32.0 Å². The van der Waals surface area contributed by atoms with Crippen LogP contribution >= 0.6 is 11.6 Å². The Labute approximate surface area is 197 Å². The Morgan fingerprint density at radius 1 is 1.12 bits per heavy atom. The molecule has 0 aliphatic rings. The summed E-state index contributed by atoms with van der Waals surface area (Å²) in [6.07, 6.45) is -3.55. The second-order valence-electron chi connectivity index (χ2n) is 7.76. The van der Waals surface area contributed by atoms with Gasteiger partial charge >= 0.3 is 6.18 Å². The van der Waals surface area contributed by atoms with E-state index >= 15 is 0 Å². The lowest BCUT2D eigenvalue weighted by Gasteiger charge is -2.17. The first kappa shape index (κ1) is 26.8. The molecule has 0 aromatic heterocycles. The van der Waals surface area contributed by atoms with Crippen LogP contribution in [0.25, 0.3) is 0 Å². The summed E-state index contributed by atoms with van der Waals surface area (Å²) in [5.41, 5.74) is 0.336. The second kappa shape index (κ2) is 12.7. The van der Waals surface area contributed by atoms with E-state index in [9.17, 15) is 18.0 Å². The maximum absolute atomic E-state index is 13.0. The van der Waals surface area contributed by atoms with E-state index in [1.54, 1.807) is 18.2 Å². The average Bonchev–Trinajstić information content (AvgIpc) is 2.73. The van der Waals surface area contributed by atoms with Crippen LogP contribution in [0.1, 0.15) is 30.0 Å². The third-order valence-electron chi connectivity index (χ3n) is 4.82. The molecular weight excluding hydrogens is 457 g/mol. The fourth-order valence-electron chi connectivity index (χ4n) is 3.17. The highest BCUT2D eigenvalue weighted by molar-refractivity contribution is 6.31. The Kier molecular flexibility index (Phi) is 10.3. The van der Waals surface area contributed by atoms with Crippen molar-refractivity contribution in [3.05, 3.63) is 58.1 Å². The van der Waals surface area contributed by atoms with Gasteiger partial charge in [0.15, 0.2) is 0 Å². The van der Waals surface area contributed by atoms with Crippen LogP contribution in [0, 0.1) is 0 Å². The molecule has 5 nitrogen and oxygen atoms in total. The van der Waals surface area contributed by atoms with Crippen molar-refractivity contribution in [1.82, 2.24) is 10.2 Å². The number of carbonyl (C=O) groups is 1. The molecule has 0 radical (unpaired) electrons. The van der Waals surface area contributed by atoms with Crippen LogP contribution in [0.15, 0.2) is 36.4 Å². The van der Waals surface area contributed by atoms with E-state index in [2.05, 4.69) is 5.32 Å². The second-order valence-corrected chi connectivity index (χ2v) is 8.17. The topological polar surface area (TPSA) is 50.8 Å². The van der Waals surface area contributed by atoms with Crippen molar-refractivity contribution in [2.24, 2.45) is 0 Å². The minimum atomic E-state index is -4.50. The van der Waals surface area contributed by atoms with Gasteiger partial charge in [0.25, 0.3) is 0 Å². The predicted octanol–water partition coefficient (Wildman–Crippen LogP) is 4.99. The maximum atomic E-state index is 13.0. The van der Waals surface area contributed by atoms with Crippen molar-refractivity contribution in [2.75, 3.05) is 40.4 Å². The van der Waals surface area contributed by atoms with Gasteiger partial charge in [-0.15, -0.1) is 0 Å². The zero-order chi connectivity index (χ0) is 24.4. The lowest BCUT2D eigenvalue weighted by Crippen LogP contribution is -2.27. The Morgan fingerprint density at radius 3 is 2.45 bits per heavy atom. The molecule has 0 heterocycles. The monoisotopic (exact) mass is 486 g/mol. The Bertz CT molecular complexity index is 920. The van der Waals surface area contributed by atoms with Crippen molar-refractivity contribution in [2.45, 2.75) is 32.4 Å². The first-order chi connectivity index (χ1) is 15.6. The summed E-state index contributed by atoms with van der Waals surface area (Å²) >= 11 is 5.66. The minimum Gasteiger partial charge on any atom is -0.493 e. The number of rotatable bonds is 12. The number of aryl methyl sites for hydroxylation is 1. The molecule has 33 heavy (non-hydrogen) atoms. The Morgan fingerprint density at radius 2 is 1.82 bits per heavy atom. The van der Waals surface area contributed by atoms with Gasteiger partial charge in [-0.25, -0.2) is 0 Å². The van der Waals surface area contributed by atoms with Crippen molar-refractivity contribution in [1.29, 1.82) is 0 Å². The summed E-state index contributed by atoms with van der Waals surface area (Å²) in [7, 11) is 3.89. The van der Waals surface area contributed by atoms with Crippen LogP contribution in [0.3, 0.4) is 0 Å². The largest absolute Gasteiger partial charge is 0.493 e. The van der Waals surface area contributed by atoms with Crippen LogP contribution in [-0.2, 0) is 23.8 Å². The summed E-state index contributed by atoms with van der Waals surface area (Å²) in [5.74, 6) is 0.973. The molecule has 1 amide bonds. The molecule has 0 saturated heterocycles. The standard InChI is InChI=1S/C24H30ClF3N2O3/c1-4-32-21-8-5-9-22(33-14-13-30(2)3)18(21)16-23(31)29-12-6-7-17-10-11-20(25)19(15-17)24(26,27)28/h5,8-11,15H,4,6-7,12-14,16H2,1-3H3,(H,29,31). The highest BCUT2D eigenvalue weighted by Gasteiger charge is 2.33. The third kappa shape index (κ3) is 8.78. The number of nitrogens with zero attached hydrogens (tertiary/aromatic N) is 1. The first-order valence-corrected chi connectivity index (χ1v) is 11.1. The molecule has 2 aromatic rings. The van der Waals surface area contributed by atoms with Crippen LogP contribution in [0.4, 0.5) is 13.2 Å². The number of amides is 1. The predicted molar refractivity (Wildman–Crippen MR) is 123 cm³/mol. The molecule has 1 N–H and O–H groups in total. The number of likely N-dealkylation sites (N-methyl/N-ethyl adjacent to an activating group) is 1. The van der Waals surface area contributed by atoms with Crippen LogP contribution < -0.4 is 14.8 Å². The SMILES string of the molecule is CCOc1cccc(OCCN(C)C)c1CC(=O)NCCCc1ccc(Cl)c(C(F)(F)F)c1. The molecule has 0 saturated carbocycles. The zero-order valence-electron chi connectivity index (χ0n) is 19.1. The lowest BCUT2D eigenvalue weighted by molar-refractivity contribution is -0.137. The normalized spacial score (nSPS) is 11.5. The van der Waals surface area contributed by atoms with E-state index < -0.39 is 11.7 Å². The van der Waals surface area contributed by atoms with Gasteiger partial charge in [0.1, 0.15) is 18.1 Å². The molecule has 2 rings (SSSR count). The summed E-state index contributed by atoms with van der Waals surface area (Å²) in [6, 6.07) is 9.29. The fourth-order valence-corrected chi connectivity index (χ4v) is 3.40. The maximum Gasteiger partial charge on any atom is 0.417 e. The number of carbonyl (C=O) groups excluding carboxylic acids is 1. The summed E-state index contributed by atoms with van der Waals surface area (Å²) < 4.78 is 50.5. The highest BCUT2D eigenvalue weighted by atomic mass is 35.5. The molecule has 182 valence electrons. The molecule has 9 heteroatoms. The highest BCUT2D eigenvalue weighted by Crippen LogP contribution is 2.35. The van der Waals surface area contributed by atoms with Gasteiger partial charge in [-0.1, -0.05) is 23.7 Å². The Balaban J connectivity index is 1.94. The molecule has 0 aliphatic heterocycles. The number of ether oxygens (including phenoxy) is 2. The Hall–Kier alpha value is -2.45. The first-order valence-electron chi connectivity index (χ1n) is 10.8. The zero-order valence-corrected chi connectivity index (χ0v) is 19.9. The third-order valence-corrected chi connectivity index (χ3v) is 5.15. The van der Waals surface area contributed by atoms with Gasteiger partial charge in [-0.3, -0.25) is 4.79 Å². The number of halogens is 4. The molecular formula is C24H30ClF3N2O3. The van der Waals surface area contributed by atoms with E-state index in [1.165, 1.54) is 6.07 Å². The quantitative estimate of drug-likeness (QED) is 0.429. The van der Waals surface area contributed by atoms with Crippen LogP contribution in [0.5, 0.6) is 11.5 Å². The summed E-state index contributed by atoms with van der Waals surface area (Å²) in [4.78, 5) is 14.5. The summed E-state index contributed by atoms with van der Waals surface area (Å²) in [6.45, 7) is 3.85. The van der Waals surface area contributed by atoms with E-state index in [0.717, 1.165) is 12.6 Å². The van der Waals surface area contributed by atoms with Crippen LogP contribution in [0.2, 0.25) is 5.02 Å². The van der Waals surface area contributed by atoms with Gasteiger partial charge in [0, 0.05) is 18.7 Å². The number of alkyl halides is 3. The fraction of sp³-hybridized carbons (Fsp3) is 0.458. The van der Waals surface area contributed by atoms with Gasteiger partial charge in [0.05, 0.1) is 23.6 Å². The van der Waals surface area contributed by atoms with Gasteiger partial charge in [-0.2, -0.15) is 13.2 Å². The van der Waals surface area contributed by atoms with Gasteiger partial charge < -0.3 is 19.7 Å². The lowest BCUT2D eigenvalue weighted by atomic mass is 10.1. The van der Waals surface area contributed by atoms with Crippen molar-refractivity contribution < 1.29 is 27.4 Å². The van der Waals surface area contributed by atoms with Crippen molar-refractivity contribution >= 4 is 17.5 Å². The van der Waals surface area contributed by atoms with Crippen molar-refractivity contribution in [3.63, 3.8) is 0 Å². The molecule has 0 unspecified atom stereocenters. The van der Waals surface area contributed by atoms with E-state index in [0.29, 0.717) is 55.2 Å². The van der Waals surface area contributed by atoms with Gasteiger partial charge in [0.2, 0.25) is 5.91 Å².